The summed E-state index contributed by atoms with van der Waals surface area (Å²) in [5.41, 5.74) is 3.22. The highest BCUT2D eigenvalue weighted by Gasteiger charge is 2.18. The van der Waals surface area contributed by atoms with Gasteiger partial charge >= 0.3 is 0 Å². The fourth-order valence-corrected chi connectivity index (χ4v) is 5.51. The average Bonchev–Trinajstić information content (AvgIpc) is 3.61. The molecule has 0 aliphatic carbocycles. The van der Waals surface area contributed by atoms with Crippen molar-refractivity contribution in [1.82, 2.24) is 24.8 Å². The average molecular weight is 552 g/mol. The summed E-state index contributed by atoms with van der Waals surface area (Å²) in [6, 6.07) is 11.3. The van der Waals surface area contributed by atoms with Gasteiger partial charge in [-0.1, -0.05) is 22.9 Å². The molecule has 4 heterocycles. The zero-order valence-electron chi connectivity index (χ0n) is 21.4. The second kappa shape index (κ2) is 12.4. The molecule has 4 aromatic rings. The number of aromatic nitrogens is 4. The van der Waals surface area contributed by atoms with Gasteiger partial charge in [0.05, 0.1) is 28.4 Å². The predicted molar refractivity (Wildman–Crippen MR) is 153 cm³/mol. The van der Waals surface area contributed by atoms with Crippen LogP contribution in [0.5, 0.6) is 11.6 Å². The van der Waals surface area contributed by atoms with Crippen molar-refractivity contribution in [1.29, 1.82) is 0 Å². The first-order valence-electron chi connectivity index (χ1n) is 12.6. The largest absolute Gasteiger partial charge is 0.491 e. The molecular formula is C27H30ClN7O2S. The summed E-state index contributed by atoms with van der Waals surface area (Å²) in [6.07, 6.45) is 5.97. The van der Waals surface area contributed by atoms with Crippen molar-refractivity contribution >= 4 is 39.7 Å². The van der Waals surface area contributed by atoms with Crippen LogP contribution >= 0.6 is 22.9 Å². The van der Waals surface area contributed by atoms with E-state index in [1.807, 2.05) is 43.3 Å². The zero-order valence-corrected chi connectivity index (χ0v) is 23.0. The molecule has 1 aliphatic heterocycles. The van der Waals surface area contributed by atoms with Crippen LogP contribution < -0.4 is 20.1 Å². The molecule has 0 saturated carbocycles. The van der Waals surface area contributed by atoms with Gasteiger partial charge in [-0.05, 0) is 63.2 Å². The number of hydrogen-bond acceptors (Lipinski definition) is 10. The van der Waals surface area contributed by atoms with Crippen LogP contribution in [-0.2, 0) is 0 Å². The fraction of sp³-hybridized carbons (Fsp3) is 0.333. The molecule has 0 atom stereocenters. The number of thiazole rings is 1. The Morgan fingerprint density at radius 1 is 1.05 bits per heavy atom. The number of nitrogens with zero attached hydrogens (tertiary/aromatic N) is 5. The minimum atomic E-state index is 0.456. The molecule has 5 rings (SSSR count). The van der Waals surface area contributed by atoms with Gasteiger partial charge in [0.15, 0.2) is 5.13 Å². The molecule has 0 radical (unpaired) electrons. The van der Waals surface area contributed by atoms with E-state index >= 15 is 0 Å². The summed E-state index contributed by atoms with van der Waals surface area (Å²) in [4.78, 5) is 21.6. The number of methoxy groups -OCH3 is 1. The van der Waals surface area contributed by atoms with Crippen molar-refractivity contribution in [2.45, 2.75) is 19.8 Å². The van der Waals surface area contributed by atoms with E-state index in [1.54, 1.807) is 19.5 Å². The lowest BCUT2D eigenvalue weighted by Crippen LogP contribution is -2.25. The summed E-state index contributed by atoms with van der Waals surface area (Å²) in [5, 5.41) is 7.92. The van der Waals surface area contributed by atoms with Crippen LogP contribution in [0.4, 0.5) is 16.8 Å². The predicted octanol–water partition coefficient (Wildman–Crippen LogP) is 5.97. The Hall–Kier alpha value is -3.47. The normalized spacial score (nSPS) is 13.4. The van der Waals surface area contributed by atoms with Gasteiger partial charge < -0.3 is 20.1 Å². The second-order valence-electron chi connectivity index (χ2n) is 8.75. The number of likely N-dealkylation sites (tertiary alicyclic amines) is 1. The monoisotopic (exact) mass is 551 g/mol. The van der Waals surface area contributed by atoms with Crippen molar-refractivity contribution in [3.05, 3.63) is 53.8 Å². The highest BCUT2D eigenvalue weighted by atomic mass is 35.5. The van der Waals surface area contributed by atoms with Crippen LogP contribution in [0.15, 0.2) is 48.8 Å². The van der Waals surface area contributed by atoms with Crippen molar-refractivity contribution in [3.63, 3.8) is 0 Å². The molecule has 1 aromatic carbocycles. The first-order chi connectivity index (χ1) is 18.6. The molecule has 198 valence electrons. The molecule has 1 fully saturated rings. The highest BCUT2D eigenvalue weighted by molar-refractivity contribution is 7.19. The third-order valence-electron chi connectivity index (χ3n) is 6.11. The van der Waals surface area contributed by atoms with Crippen molar-refractivity contribution < 1.29 is 9.47 Å². The molecule has 0 spiro atoms. The number of ether oxygens (including phenoxy) is 2. The number of nitrogens with one attached hydrogen (secondary N) is 2. The summed E-state index contributed by atoms with van der Waals surface area (Å²) in [6.45, 7) is 6.63. The third-order valence-corrected chi connectivity index (χ3v) is 7.44. The Morgan fingerprint density at radius 2 is 1.89 bits per heavy atom. The summed E-state index contributed by atoms with van der Waals surface area (Å²) >= 11 is 8.05. The van der Waals surface area contributed by atoms with E-state index in [-0.39, 0.29) is 0 Å². The topological polar surface area (TPSA) is 97.3 Å². The van der Waals surface area contributed by atoms with Gasteiger partial charge in [-0.3, -0.25) is 4.90 Å². The molecule has 0 amide bonds. The van der Waals surface area contributed by atoms with E-state index in [1.165, 1.54) is 24.2 Å². The standard InChI is InChI=1S/C27H30ClN7O2S/c1-3-29-27-34-24(18-8-10-30-23(16-18)36-2)25(38-27)21-9-11-31-26(33-21)32-19-6-7-22(20(28)17-19)37-15-14-35-12-4-5-13-35/h6-11,16-17H,3-5,12-15H2,1-2H3,(H,29,34)(H,31,32,33). The zero-order chi connectivity index (χ0) is 26.3. The van der Waals surface area contributed by atoms with Crippen LogP contribution in [0.25, 0.3) is 21.8 Å². The third kappa shape index (κ3) is 6.32. The Balaban J connectivity index is 1.34. The van der Waals surface area contributed by atoms with Crippen LogP contribution in [0.1, 0.15) is 19.8 Å². The van der Waals surface area contributed by atoms with E-state index in [2.05, 4.69) is 25.5 Å². The van der Waals surface area contributed by atoms with Crippen LogP contribution in [0.3, 0.4) is 0 Å². The van der Waals surface area contributed by atoms with E-state index in [4.69, 9.17) is 31.0 Å². The lowest BCUT2D eigenvalue weighted by atomic mass is 10.1. The maximum absolute atomic E-state index is 6.52. The lowest BCUT2D eigenvalue weighted by Gasteiger charge is -2.16. The van der Waals surface area contributed by atoms with Crippen LogP contribution in [-0.4, -0.2) is 64.7 Å². The van der Waals surface area contributed by atoms with Crippen LogP contribution in [0, 0.1) is 0 Å². The molecule has 2 N–H and O–H groups in total. The smallest absolute Gasteiger partial charge is 0.227 e. The van der Waals surface area contributed by atoms with Crippen molar-refractivity contribution in [2.24, 2.45) is 0 Å². The molecule has 1 saturated heterocycles. The van der Waals surface area contributed by atoms with E-state index in [0.29, 0.717) is 29.2 Å². The van der Waals surface area contributed by atoms with Crippen molar-refractivity contribution in [3.8, 4) is 33.5 Å². The summed E-state index contributed by atoms with van der Waals surface area (Å²) in [7, 11) is 1.60. The van der Waals surface area contributed by atoms with Gasteiger partial charge in [-0.25, -0.2) is 19.9 Å². The van der Waals surface area contributed by atoms with E-state index in [0.717, 1.165) is 58.8 Å². The SMILES string of the molecule is CCNc1nc(-c2ccnc(OC)c2)c(-c2ccnc(Nc3ccc(OCCN4CCCC4)c(Cl)c3)n2)s1. The molecule has 11 heteroatoms. The lowest BCUT2D eigenvalue weighted by molar-refractivity contribution is 0.238. The molecular weight excluding hydrogens is 522 g/mol. The van der Waals surface area contributed by atoms with E-state index in [9.17, 15) is 0 Å². The maximum atomic E-state index is 6.52. The molecule has 1 aliphatic rings. The van der Waals surface area contributed by atoms with Gasteiger partial charge in [0.25, 0.3) is 0 Å². The van der Waals surface area contributed by atoms with Gasteiger partial charge in [0.2, 0.25) is 11.8 Å². The molecule has 38 heavy (non-hydrogen) atoms. The number of rotatable bonds is 11. The van der Waals surface area contributed by atoms with Gasteiger partial charge in [0.1, 0.15) is 12.4 Å². The van der Waals surface area contributed by atoms with Crippen molar-refractivity contribution in [2.75, 3.05) is 50.5 Å². The van der Waals surface area contributed by atoms with Gasteiger partial charge in [0, 0.05) is 42.8 Å². The summed E-state index contributed by atoms with van der Waals surface area (Å²) < 4.78 is 11.2. The Kier molecular flexibility index (Phi) is 8.52. The maximum Gasteiger partial charge on any atom is 0.227 e. The fourth-order valence-electron chi connectivity index (χ4n) is 4.25. The highest BCUT2D eigenvalue weighted by Crippen LogP contribution is 2.39. The minimum absolute atomic E-state index is 0.456. The Labute approximate surface area is 231 Å². The quantitative estimate of drug-likeness (QED) is 0.233. The number of pyridine rings is 1. The second-order valence-corrected chi connectivity index (χ2v) is 10.2. The minimum Gasteiger partial charge on any atom is -0.491 e. The van der Waals surface area contributed by atoms with Gasteiger partial charge in [-0.2, -0.15) is 0 Å². The number of benzene rings is 1. The molecule has 0 bridgehead atoms. The molecule has 0 unspecified atom stereocenters. The first kappa shape index (κ1) is 26.1. The summed E-state index contributed by atoms with van der Waals surface area (Å²) in [5.74, 6) is 1.65. The van der Waals surface area contributed by atoms with Crippen LogP contribution in [0.2, 0.25) is 5.02 Å². The molecule has 3 aromatic heterocycles. The Bertz CT molecular complexity index is 1380. The van der Waals surface area contributed by atoms with E-state index < -0.39 is 0 Å². The molecule has 9 nitrogen and oxygen atoms in total. The number of hydrogen-bond donors (Lipinski definition) is 2. The number of halogens is 1. The Morgan fingerprint density at radius 3 is 2.68 bits per heavy atom. The van der Waals surface area contributed by atoms with Gasteiger partial charge in [-0.15, -0.1) is 0 Å². The first-order valence-corrected chi connectivity index (χ1v) is 13.8. The number of anilines is 3.